The third kappa shape index (κ3) is 6.94. The van der Waals surface area contributed by atoms with Crippen molar-refractivity contribution < 1.29 is 28.6 Å². The van der Waals surface area contributed by atoms with Gasteiger partial charge >= 0.3 is 6.03 Å². The molecule has 0 aromatic heterocycles. The maximum atomic E-state index is 13.4. The molecule has 4 rings (SSSR count). The number of carbonyl (C=O) groups is 3. The zero-order valence-corrected chi connectivity index (χ0v) is 23.6. The maximum absolute atomic E-state index is 13.4. The topological polar surface area (TPSA) is 94.2 Å². The number of ether oxygens (including phenoxy) is 3. The molecule has 1 N–H and O–H groups in total. The fourth-order valence-corrected chi connectivity index (χ4v) is 4.33. The number of urea groups is 1. The van der Waals surface area contributed by atoms with Gasteiger partial charge in [-0.15, -0.1) is 0 Å². The van der Waals surface area contributed by atoms with Gasteiger partial charge in [-0.05, 0) is 61.4 Å². The van der Waals surface area contributed by atoms with Crippen LogP contribution in [0, 0.1) is 0 Å². The number of nitrogens with one attached hydrogen (secondary N) is 1. The minimum absolute atomic E-state index is 0.0885. The van der Waals surface area contributed by atoms with E-state index in [1.807, 2.05) is 32.0 Å². The van der Waals surface area contributed by atoms with Crippen molar-refractivity contribution in [1.82, 2.24) is 10.2 Å². The molecule has 0 radical (unpaired) electrons. The Bertz CT molecular complexity index is 1460. The molecule has 1 fully saturated rings. The Morgan fingerprint density at radius 1 is 0.875 bits per heavy atom. The minimum atomic E-state index is -0.822. The van der Waals surface area contributed by atoms with Crippen LogP contribution in [0.2, 0.25) is 10.0 Å². The summed E-state index contributed by atoms with van der Waals surface area (Å²) in [6, 6.07) is 16.5. The van der Waals surface area contributed by atoms with Gasteiger partial charge in [-0.3, -0.25) is 19.8 Å². The first-order chi connectivity index (χ1) is 19.3. The van der Waals surface area contributed by atoms with Gasteiger partial charge < -0.3 is 14.2 Å². The van der Waals surface area contributed by atoms with Gasteiger partial charge in [0.15, 0.2) is 11.5 Å². The molecule has 0 unspecified atom stereocenters. The first-order valence-corrected chi connectivity index (χ1v) is 13.5. The highest BCUT2D eigenvalue weighted by Gasteiger charge is 2.36. The Morgan fingerprint density at radius 3 is 2.40 bits per heavy atom. The summed E-state index contributed by atoms with van der Waals surface area (Å²) in [4.78, 5) is 39.8. The average molecular weight is 583 g/mol. The van der Waals surface area contributed by atoms with Crippen molar-refractivity contribution >= 4 is 47.1 Å². The summed E-state index contributed by atoms with van der Waals surface area (Å²) in [5, 5.41) is 3.16. The zero-order chi connectivity index (χ0) is 28.6. The van der Waals surface area contributed by atoms with Gasteiger partial charge in [0, 0.05) is 21.2 Å². The first-order valence-electron chi connectivity index (χ1n) is 12.7. The molecule has 40 heavy (non-hydrogen) atoms. The van der Waals surface area contributed by atoms with Gasteiger partial charge in [-0.2, -0.15) is 0 Å². The van der Waals surface area contributed by atoms with Crippen LogP contribution in [0.15, 0.2) is 66.2 Å². The first kappa shape index (κ1) is 29.0. The Kier molecular flexibility index (Phi) is 9.69. The molecule has 208 valence electrons. The number of halogens is 2. The van der Waals surface area contributed by atoms with Crippen molar-refractivity contribution in [3.05, 3.63) is 93.0 Å². The molecule has 1 saturated heterocycles. The molecule has 0 saturated carbocycles. The maximum Gasteiger partial charge on any atom is 0.331 e. The predicted octanol–water partition coefficient (Wildman–Crippen LogP) is 6.42. The molecule has 3 aromatic rings. The van der Waals surface area contributed by atoms with Crippen LogP contribution in [0.25, 0.3) is 6.08 Å². The molecule has 0 spiro atoms. The summed E-state index contributed by atoms with van der Waals surface area (Å²) in [5.74, 6) is -0.117. The lowest BCUT2D eigenvalue weighted by Gasteiger charge is -2.27. The van der Waals surface area contributed by atoms with E-state index in [1.54, 1.807) is 42.5 Å². The number of nitrogens with zero attached hydrogens (tertiary/aromatic N) is 1. The van der Waals surface area contributed by atoms with E-state index in [4.69, 9.17) is 37.4 Å². The largest absolute Gasteiger partial charge is 0.490 e. The summed E-state index contributed by atoms with van der Waals surface area (Å²) >= 11 is 12.5. The molecule has 0 atom stereocenters. The summed E-state index contributed by atoms with van der Waals surface area (Å²) in [5.41, 5.74) is 1.54. The molecule has 4 amide bonds. The Balaban J connectivity index is 1.60. The van der Waals surface area contributed by atoms with Crippen molar-refractivity contribution in [2.24, 2.45) is 0 Å². The van der Waals surface area contributed by atoms with Crippen LogP contribution in [0.4, 0.5) is 4.79 Å². The predicted molar refractivity (Wildman–Crippen MR) is 153 cm³/mol. The van der Waals surface area contributed by atoms with Crippen LogP contribution >= 0.6 is 23.2 Å². The number of rotatable bonds is 11. The van der Waals surface area contributed by atoms with Crippen LogP contribution in [0.5, 0.6) is 17.2 Å². The lowest BCUT2D eigenvalue weighted by atomic mass is 10.1. The van der Waals surface area contributed by atoms with Crippen LogP contribution in [0.1, 0.15) is 37.0 Å². The zero-order valence-electron chi connectivity index (χ0n) is 22.0. The Hall–Kier alpha value is -4.01. The second kappa shape index (κ2) is 13.4. The van der Waals surface area contributed by atoms with Gasteiger partial charge in [0.2, 0.25) is 0 Å². The van der Waals surface area contributed by atoms with E-state index in [1.165, 1.54) is 6.08 Å². The van der Waals surface area contributed by atoms with Crippen LogP contribution < -0.4 is 19.5 Å². The second-order valence-corrected chi connectivity index (χ2v) is 9.68. The molecule has 1 aliphatic rings. The molecule has 1 aliphatic heterocycles. The highest BCUT2D eigenvalue weighted by atomic mass is 35.5. The van der Waals surface area contributed by atoms with E-state index in [-0.39, 0.29) is 18.7 Å². The van der Waals surface area contributed by atoms with Crippen molar-refractivity contribution in [3.8, 4) is 17.2 Å². The molecule has 1 heterocycles. The lowest BCUT2D eigenvalue weighted by molar-refractivity contribution is -0.130. The van der Waals surface area contributed by atoms with Crippen molar-refractivity contribution in [3.63, 3.8) is 0 Å². The average Bonchev–Trinajstić information content (AvgIpc) is 2.93. The van der Waals surface area contributed by atoms with Gasteiger partial charge in [0.25, 0.3) is 11.8 Å². The Morgan fingerprint density at radius 2 is 1.65 bits per heavy atom. The Labute approximate surface area is 242 Å². The quantitative estimate of drug-likeness (QED) is 0.207. The summed E-state index contributed by atoms with van der Waals surface area (Å²) in [6.45, 7) is 4.85. The fourth-order valence-electron chi connectivity index (χ4n) is 3.96. The van der Waals surface area contributed by atoms with Gasteiger partial charge in [-0.25, -0.2) is 4.79 Å². The third-order valence-corrected chi connectivity index (χ3v) is 6.51. The number of hydrogen-bond donors (Lipinski definition) is 1. The molecule has 10 heteroatoms. The van der Waals surface area contributed by atoms with E-state index in [9.17, 15) is 14.4 Å². The monoisotopic (exact) mass is 582 g/mol. The van der Waals surface area contributed by atoms with Crippen LogP contribution in [0.3, 0.4) is 0 Å². The highest BCUT2D eigenvalue weighted by molar-refractivity contribution is 6.32. The standard InChI is InChI=1S/C30H28Cl2N2O6/c1-3-13-39-26-11-9-19(14-27(26)38-4-2)17-34-29(36)23(28(35)33-30(34)37)16-21-15-22(31)10-12-25(21)40-18-20-7-5-6-8-24(20)32/h5-12,14-16H,3-4,13,17-18H2,1-2H3,(H,33,35,37)/b23-16+. The van der Waals surface area contributed by atoms with Gasteiger partial charge in [0.05, 0.1) is 19.8 Å². The summed E-state index contributed by atoms with van der Waals surface area (Å²) in [6.07, 6.45) is 2.19. The third-order valence-electron chi connectivity index (χ3n) is 5.91. The smallest absolute Gasteiger partial charge is 0.331 e. The van der Waals surface area contributed by atoms with E-state index in [0.717, 1.165) is 16.9 Å². The molecule has 3 aromatic carbocycles. The number of carbonyl (C=O) groups excluding carboxylic acids is 3. The van der Waals surface area contributed by atoms with Gasteiger partial charge in [-0.1, -0.05) is 54.4 Å². The van der Waals surface area contributed by atoms with Crippen molar-refractivity contribution in [1.29, 1.82) is 0 Å². The molecule has 8 nitrogen and oxygen atoms in total. The number of hydrogen-bond acceptors (Lipinski definition) is 6. The summed E-state index contributed by atoms with van der Waals surface area (Å²) < 4.78 is 17.4. The van der Waals surface area contributed by atoms with Crippen molar-refractivity contribution in [2.75, 3.05) is 13.2 Å². The van der Waals surface area contributed by atoms with Gasteiger partial charge in [0.1, 0.15) is 17.9 Å². The normalized spacial score (nSPS) is 14.3. The minimum Gasteiger partial charge on any atom is -0.490 e. The van der Waals surface area contributed by atoms with Crippen LogP contribution in [-0.2, 0) is 22.7 Å². The number of amides is 4. The van der Waals surface area contributed by atoms with E-state index in [0.29, 0.717) is 51.6 Å². The summed E-state index contributed by atoms with van der Waals surface area (Å²) in [7, 11) is 0. The van der Waals surface area contributed by atoms with Crippen molar-refractivity contribution in [2.45, 2.75) is 33.4 Å². The fraction of sp³-hybridized carbons (Fsp3) is 0.233. The molecular formula is C30H28Cl2N2O6. The number of benzene rings is 3. The number of imide groups is 2. The van der Waals surface area contributed by atoms with E-state index in [2.05, 4.69) is 5.32 Å². The highest BCUT2D eigenvalue weighted by Crippen LogP contribution is 2.31. The van der Waals surface area contributed by atoms with E-state index < -0.39 is 17.8 Å². The molecular weight excluding hydrogens is 555 g/mol. The second-order valence-electron chi connectivity index (χ2n) is 8.83. The van der Waals surface area contributed by atoms with Crippen LogP contribution in [-0.4, -0.2) is 36.0 Å². The molecule has 0 bridgehead atoms. The van der Waals surface area contributed by atoms with E-state index >= 15 is 0 Å². The SMILES string of the molecule is CCCOc1ccc(CN2C(=O)NC(=O)/C(=C\c3cc(Cl)ccc3OCc3ccccc3Cl)C2=O)cc1OCC. The lowest BCUT2D eigenvalue weighted by Crippen LogP contribution is -2.53. The molecule has 0 aliphatic carbocycles. The number of barbiturate groups is 1.